The van der Waals surface area contributed by atoms with Crippen LogP contribution in [-0.4, -0.2) is 66.4 Å². The van der Waals surface area contributed by atoms with Crippen molar-refractivity contribution in [3.05, 3.63) is 95.8 Å². The van der Waals surface area contributed by atoms with Gasteiger partial charge in [-0.05, 0) is 60.7 Å². The van der Waals surface area contributed by atoms with Crippen LogP contribution in [0.15, 0.2) is 79.0 Å². The number of aliphatic hydroxyl groups is 1. The Labute approximate surface area is 301 Å². The fraction of sp³-hybridized carbons (Fsp3) is 0.450. The quantitative estimate of drug-likeness (QED) is 0.195. The standard InChI is InChI=1S/C40H49N5O5Si/c1-27-38(51(3,4)31-18-16-30(49-2)17-19-31)36(21-23-44-25-35(42-43-44)32(26-46)28-12-8-7-9-13-28)50-40(27)33-24-29(15-20-34(33)41-39(40)48)45-22-11-6-5-10-14-37(45)47/h7-9,12-13,15-20,24-25,27,32,36,38,46H,5-6,10-11,14,21-23,26H2,1-4H3,(H,41,48)/t27-,32?,36+,38-,40+/m1/s1. The number of methoxy groups -OCH3 is 1. The Hall–Kier alpha value is -4.32. The smallest absolute Gasteiger partial charge is 0.261 e. The molecule has 0 aliphatic carbocycles. The van der Waals surface area contributed by atoms with Crippen molar-refractivity contribution in [1.29, 1.82) is 0 Å². The van der Waals surface area contributed by atoms with Gasteiger partial charge in [0.2, 0.25) is 5.91 Å². The lowest BCUT2D eigenvalue weighted by molar-refractivity contribution is -0.143. The number of carbonyl (C=O) groups is 2. The lowest BCUT2D eigenvalue weighted by atomic mass is 9.82. The molecule has 0 radical (unpaired) electrons. The first-order valence-corrected chi connectivity index (χ1v) is 21.4. The Morgan fingerprint density at radius 2 is 1.80 bits per heavy atom. The fourth-order valence-electron chi connectivity index (χ4n) is 8.89. The Morgan fingerprint density at radius 3 is 2.55 bits per heavy atom. The third-order valence-electron chi connectivity index (χ3n) is 11.6. The van der Waals surface area contributed by atoms with Crippen LogP contribution in [0.2, 0.25) is 18.6 Å². The lowest BCUT2D eigenvalue weighted by Gasteiger charge is -2.37. The molecule has 4 heterocycles. The zero-order valence-electron chi connectivity index (χ0n) is 30.0. The number of ether oxygens (including phenoxy) is 2. The maximum atomic E-state index is 14.3. The number of nitrogens with zero attached hydrogens (tertiary/aromatic N) is 4. The van der Waals surface area contributed by atoms with Gasteiger partial charge in [-0.1, -0.05) is 85.7 Å². The molecule has 2 fully saturated rings. The Balaban J connectivity index is 1.23. The normalized spacial score (nSPS) is 24.3. The van der Waals surface area contributed by atoms with E-state index >= 15 is 0 Å². The maximum absolute atomic E-state index is 14.3. The average Bonchev–Trinajstić information content (AvgIpc) is 3.80. The van der Waals surface area contributed by atoms with Gasteiger partial charge in [0.15, 0.2) is 5.60 Å². The molecule has 0 bridgehead atoms. The summed E-state index contributed by atoms with van der Waals surface area (Å²) in [5.41, 5.74) is 2.94. The van der Waals surface area contributed by atoms with E-state index in [-0.39, 0.29) is 41.9 Å². The highest BCUT2D eigenvalue weighted by Crippen LogP contribution is 2.59. The Bertz CT molecular complexity index is 1860. The van der Waals surface area contributed by atoms with Crippen molar-refractivity contribution in [3.63, 3.8) is 0 Å². The second kappa shape index (κ2) is 14.4. The van der Waals surface area contributed by atoms with Crippen LogP contribution in [0.3, 0.4) is 0 Å². The third-order valence-corrected chi connectivity index (χ3v) is 16.0. The number of nitrogens with one attached hydrogen (secondary N) is 1. The molecule has 2 N–H and O–H groups in total. The van der Waals surface area contributed by atoms with Crippen LogP contribution in [0.25, 0.3) is 0 Å². The van der Waals surface area contributed by atoms with E-state index in [1.165, 1.54) is 5.19 Å². The summed E-state index contributed by atoms with van der Waals surface area (Å²) >= 11 is 0. The van der Waals surface area contributed by atoms with Gasteiger partial charge >= 0.3 is 0 Å². The van der Waals surface area contributed by atoms with Crippen LogP contribution in [0, 0.1) is 5.92 Å². The van der Waals surface area contributed by atoms with E-state index < -0.39 is 13.7 Å². The van der Waals surface area contributed by atoms with Crippen LogP contribution in [0.5, 0.6) is 5.75 Å². The maximum Gasteiger partial charge on any atom is 0.261 e. The molecule has 7 rings (SSSR count). The van der Waals surface area contributed by atoms with Crippen molar-refractivity contribution >= 4 is 36.4 Å². The van der Waals surface area contributed by atoms with Gasteiger partial charge in [0, 0.05) is 48.6 Å². The number of amides is 2. The topological polar surface area (TPSA) is 119 Å². The second-order valence-electron chi connectivity index (χ2n) is 14.9. The minimum atomic E-state index is -2.33. The molecule has 4 aromatic rings. The van der Waals surface area contributed by atoms with Crippen LogP contribution in [0.1, 0.15) is 68.2 Å². The molecule has 1 spiro atoms. The Morgan fingerprint density at radius 1 is 1.04 bits per heavy atom. The number of benzene rings is 3. The molecule has 0 saturated carbocycles. The third kappa shape index (κ3) is 6.40. The van der Waals surface area contributed by atoms with Gasteiger partial charge in [0.05, 0.1) is 39.5 Å². The molecule has 2 amide bonds. The van der Waals surface area contributed by atoms with Crippen LogP contribution >= 0.6 is 0 Å². The summed E-state index contributed by atoms with van der Waals surface area (Å²) < 4.78 is 14.5. The van der Waals surface area contributed by atoms with Gasteiger partial charge < -0.3 is 24.8 Å². The predicted molar refractivity (Wildman–Crippen MR) is 200 cm³/mol. The lowest BCUT2D eigenvalue weighted by Crippen LogP contribution is -2.51. The summed E-state index contributed by atoms with van der Waals surface area (Å²) in [6, 6.07) is 24.1. The van der Waals surface area contributed by atoms with E-state index in [0.717, 1.165) is 53.9 Å². The molecule has 268 valence electrons. The van der Waals surface area contributed by atoms with Crippen molar-refractivity contribution in [2.24, 2.45) is 5.92 Å². The summed E-state index contributed by atoms with van der Waals surface area (Å²) in [7, 11) is -0.652. The molecule has 2 saturated heterocycles. The van der Waals surface area contributed by atoms with Crippen LogP contribution < -0.4 is 20.1 Å². The number of aryl methyl sites for hydroxylation is 1. The highest BCUT2D eigenvalue weighted by atomic mass is 28.3. The SMILES string of the molecule is COc1ccc([Si](C)(C)[C@H]2[C@H](CCn3cc(C(CO)c4ccccc4)nn3)O[C@@]3(C(=O)Nc4ccc(N5CCCCCCC5=O)cc43)[C@@H]2C)cc1. The number of anilines is 2. The summed E-state index contributed by atoms with van der Waals surface area (Å²) in [5, 5.41) is 23.6. The molecule has 11 heteroatoms. The zero-order valence-corrected chi connectivity index (χ0v) is 31.0. The summed E-state index contributed by atoms with van der Waals surface area (Å²) in [4.78, 5) is 29.5. The van der Waals surface area contributed by atoms with E-state index in [9.17, 15) is 14.7 Å². The monoisotopic (exact) mass is 707 g/mol. The molecule has 1 unspecified atom stereocenters. The largest absolute Gasteiger partial charge is 0.497 e. The first-order chi connectivity index (χ1) is 24.7. The van der Waals surface area contributed by atoms with Crippen LogP contribution in [0.4, 0.5) is 11.4 Å². The molecule has 3 aliphatic heterocycles. The molecular weight excluding hydrogens is 659 g/mol. The van der Waals surface area contributed by atoms with Crippen molar-refractivity contribution in [1.82, 2.24) is 15.0 Å². The first-order valence-electron chi connectivity index (χ1n) is 18.3. The number of carbonyl (C=O) groups excluding carboxylic acids is 2. The average molecular weight is 708 g/mol. The number of hydrogen-bond acceptors (Lipinski definition) is 7. The molecule has 51 heavy (non-hydrogen) atoms. The first kappa shape index (κ1) is 35.1. The van der Waals surface area contributed by atoms with E-state index in [1.54, 1.807) is 7.11 Å². The molecule has 5 atom stereocenters. The number of rotatable bonds is 10. The Kier molecular flexibility index (Phi) is 9.88. The fourth-order valence-corrected chi connectivity index (χ4v) is 12.9. The van der Waals surface area contributed by atoms with Gasteiger partial charge in [-0.2, -0.15) is 0 Å². The van der Waals surface area contributed by atoms with Crippen molar-refractivity contribution < 1.29 is 24.2 Å². The van der Waals surface area contributed by atoms with Gasteiger partial charge in [0.25, 0.3) is 5.91 Å². The summed E-state index contributed by atoms with van der Waals surface area (Å²) in [6.45, 7) is 8.05. The van der Waals surface area contributed by atoms with E-state index in [2.05, 4.69) is 47.8 Å². The minimum Gasteiger partial charge on any atom is -0.497 e. The number of aliphatic hydroxyl groups excluding tert-OH is 1. The van der Waals surface area contributed by atoms with Crippen molar-refractivity contribution in [2.75, 3.05) is 30.5 Å². The zero-order chi connectivity index (χ0) is 35.8. The van der Waals surface area contributed by atoms with Gasteiger partial charge in [-0.15, -0.1) is 5.10 Å². The highest BCUT2D eigenvalue weighted by Gasteiger charge is 2.64. The van der Waals surface area contributed by atoms with E-state index in [0.29, 0.717) is 31.6 Å². The number of aromatic nitrogens is 3. The molecule has 3 aromatic carbocycles. The molecular formula is C40H49N5O5Si. The van der Waals surface area contributed by atoms with Gasteiger partial charge in [0.1, 0.15) is 5.75 Å². The molecule has 3 aliphatic rings. The van der Waals surface area contributed by atoms with Gasteiger partial charge in [-0.3, -0.25) is 14.3 Å². The van der Waals surface area contributed by atoms with E-state index in [1.807, 2.05) is 76.4 Å². The summed E-state index contributed by atoms with van der Waals surface area (Å²) in [5.74, 6) is 0.363. The van der Waals surface area contributed by atoms with Gasteiger partial charge in [-0.25, -0.2) is 0 Å². The van der Waals surface area contributed by atoms with Crippen LogP contribution in [-0.2, 0) is 26.5 Å². The highest BCUT2D eigenvalue weighted by molar-refractivity contribution is 6.91. The van der Waals surface area contributed by atoms with E-state index in [4.69, 9.17) is 9.47 Å². The minimum absolute atomic E-state index is 0.0621. The van der Waals surface area contributed by atoms with Crippen molar-refractivity contribution in [2.45, 2.75) is 88.3 Å². The number of hydrogen-bond donors (Lipinski definition) is 2. The summed E-state index contributed by atoms with van der Waals surface area (Å²) in [6.07, 6.45) is 6.85. The van der Waals surface area contributed by atoms with Crippen molar-refractivity contribution in [3.8, 4) is 5.75 Å². The number of fused-ring (bicyclic) bond motifs is 2. The molecule has 1 aromatic heterocycles. The predicted octanol–water partition coefficient (Wildman–Crippen LogP) is 5.97. The second-order valence-corrected chi connectivity index (χ2v) is 19.6. The molecule has 10 nitrogen and oxygen atoms in total.